The third kappa shape index (κ3) is 5.36. The Kier molecular flexibility index (Phi) is 6.79. The molecule has 0 heterocycles. The summed E-state index contributed by atoms with van der Waals surface area (Å²) in [7, 11) is -0.757. The second kappa shape index (κ2) is 8.44. The first-order valence-corrected chi connectivity index (χ1v) is 10.2. The number of ether oxygens (including phenoxy) is 1. The van der Waals surface area contributed by atoms with E-state index in [0.29, 0.717) is 0 Å². The highest BCUT2D eigenvalue weighted by molar-refractivity contribution is 7.85. The van der Waals surface area contributed by atoms with Crippen LogP contribution in [-0.2, 0) is 16.2 Å². The molecule has 0 aliphatic carbocycles. The van der Waals surface area contributed by atoms with E-state index in [9.17, 15) is 26.9 Å². The Morgan fingerprint density at radius 3 is 2.17 bits per heavy atom. The van der Waals surface area contributed by atoms with Gasteiger partial charge in [-0.25, -0.2) is 4.39 Å². The highest BCUT2D eigenvalue weighted by Crippen LogP contribution is 2.44. The lowest BCUT2D eigenvalue weighted by Gasteiger charge is -2.38. The summed E-state index contributed by atoms with van der Waals surface area (Å²) in [5.41, 5.74) is -3.52. The Labute approximate surface area is 170 Å². The third-order valence-electron chi connectivity index (χ3n) is 4.81. The first-order valence-electron chi connectivity index (χ1n) is 8.87. The van der Waals surface area contributed by atoms with E-state index in [2.05, 4.69) is 0 Å². The van der Waals surface area contributed by atoms with E-state index >= 15 is 0 Å². The van der Waals surface area contributed by atoms with Crippen LogP contribution < -0.4 is 4.74 Å². The molecule has 2 rings (SSSR count). The van der Waals surface area contributed by atoms with Crippen molar-refractivity contribution < 1.29 is 31.6 Å². The van der Waals surface area contributed by atoms with Crippen molar-refractivity contribution in [1.29, 1.82) is 0 Å². The lowest BCUT2D eigenvalue weighted by molar-refractivity contribution is -0.257. The number of hydrogen-bond acceptors (Lipinski definition) is 3. The van der Waals surface area contributed by atoms with Crippen LogP contribution in [0.4, 0.5) is 17.6 Å². The lowest BCUT2D eigenvalue weighted by Crippen LogP contribution is -2.53. The van der Waals surface area contributed by atoms with Gasteiger partial charge in [-0.2, -0.15) is 13.2 Å². The van der Waals surface area contributed by atoms with Crippen molar-refractivity contribution >= 4 is 10.8 Å². The van der Waals surface area contributed by atoms with E-state index in [1.165, 1.54) is 39.2 Å². The molecule has 0 saturated heterocycles. The van der Waals surface area contributed by atoms with E-state index in [1.807, 2.05) is 0 Å². The van der Waals surface area contributed by atoms with Crippen LogP contribution in [0.2, 0.25) is 0 Å². The van der Waals surface area contributed by atoms with Gasteiger partial charge in [-0.3, -0.25) is 4.21 Å². The van der Waals surface area contributed by atoms with Gasteiger partial charge >= 0.3 is 6.18 Å². The molecular formula is C21H24F4O3S. The molecule has 0 amide bonds. The van der Waals surface area contributed by atoms with Crippen LogP contribution >= 0.6 is 0 Å². The monoisotopic (exact) mass is 432 g/mol. The van der Waals surface area contributed by atoms with Crippen LogP contribution in [0.15, 0.2) is 47.4 Å². The molecule has 0 saturated carbocycles. The Balaban J connectivity index is 2.40. The van der Waals surface area contributed by atoms with E-state index in [1.54, 1.807) is 19.1 Å². The topological polar surface area (TPSA) is 46.5 Å². The molecule has 2 atom stereocenters. The molecule has 160 valence electrons. The van der Waals surface area contributed by atoms with Crippen molar-refractivity contribution in [2.45, 2.75) is 49.3 Å². The summed E-state index contributed by atoms with van der Waals surface area (Å²) in [4.78, 5) is 0.194. The molecule has 2 aromatic carbocycles. The summed E-state index contributed by atoms with van der Waals surface area (Å²) >= 11 is 0. The molecule has 0 aliphatic heterocycles. The van der Waals surface area contributed by atoms with Crippen molar-refractivity contribution in [3.8, 4) is 5.75 Å². The fourth-order valence-corrected chi connectivity index (χ4v) is 4.56. The lowest BCUT2D eigenvalue weighted by atomic mass is 9.75. The van der Waals surface area contributed by atoms with Crippen LogP contribution in [0.25, 0.3) is 0 Å². The van der Waals surface area contributed by atoms with Crippen LogP contribution in [0.1, 0.15) is 31.4 Å². The van der Waals surface area contributed by atoms with E-state index in [4.69, 9.17) is 4.74 Å². The maximum absolute atomic E-state index is 13.9. The molecule has 3 nitrogen and oxygen atoms in total. The summed E-state index contributed by atoms with van der Waals surface area (Å²) in [6.07, 6.45) is -5.86. The fraction of sp³-hybridized carbons (Fsp3) is 0.429. The predicted molar refractivity (Wildman–Crippen MR) is 104 cm³/mol. The molecule has 0 bridgehead atoms. The normalized spacial score (nSPS) is 15.6. The molecule has 0 fully saturated rings. The first-order chi connectivity index (χ1) is 13.3. The van der Waals surface area contributed by atoms with Gasteiger partial charge in [0, 0.05) is 10.5 Å². The van der Waals surface area contributed by atoms with Crippen molar-refractivity contribution in [2.24, 2.45) is 0 Å². The predicted octanol–water partition coefficient (Wildman–Crippen LogP) is 4.91. The Hall–Kier alpha value is -1.93. The fourth-order valence-electron chi connectivity index (χ4n) is 3.26. The number of benzene rings is 2. The molecule has 1 unspecified atom stereocenters. The van der Waals surface area contributed by atoms with Gasteiger partial charge in [0.1, 0.15) is 11.6 Å². The molecule has 0 aliphatic rings. The van der Waals surface area contributed by atoms with Crippen molar-refractivity contribution in [3.05, 3.63) is 59.4 Å². The molecule has 0 spiro atoms. The van der Waals surface area contributed by atoms with Crippen LogP contribution in [0.3, 0.4) is 0 Å². The van der Waals surface area contributed by atoms with E-state index in [-0.39, 0.29) is 16.2 Å². The van der Waals surface area contributed by atoms with Gasteiger partial charge in [0.2, 0.25) is 0 Å². The standard InChI is InChI=1S/C21H24F4O3S/c1-14-5-8-16(9-6-14)29(27)13-20(26,21(23,24)25)12-19(2,3)17-11-15(22)7-10-18(17)28-4/h5-11,26H,12-13H2,1-4H3/t20-,29?/m1/s1. The van der Waals surface area contributed by atoms with Gasteiger partial charge in [0.25, 0.3) is 0 Å². The Morgan fingerprint density at radius 1 is 1.07 bits per heavy atom. The Morgan fingerprint density at radius 2 is 1.66 bits per heavy atom. The minimum atomic E-state index is -5.04. The van der Waals surface area contributed by atoms with Gasteiger partial charge in [-0.15, -0.1) is 0 Å². The summed E-state index contributed by atoms with van der Waals surface area (Å²) in [5.74, 6) is -1.45. The van der Waals surface area contributed by atoms with Crippen molar-refractivity contribution in [2.75, 3.05) is 12.9 Å². The smallest absolute Gasteiger partial charge is 0.418 e. The van der Waals surface area contributed by atoms with Crippen molar-refractivity contribution in [3.63, 3.8) is 0 Å². The third-order valence-corrected chi connectivity index (χ3v) is 6.34. The van der Waals surface area contributed by atoms with Gasteiger partial charge < -0.3 is 9.84 Å². The molecule has 0 aromatic heterocycles. The van der Waals surface area contributed by atoms with E-state index in [0.717, 1.165) is 17.7 Å². The van der Waals surface area contributed by atoms with Gasteiger partial charge in [-0.1, -0.05) is 31.5 Å². The number of aliphatic hydroxyl groups is 1. The zero-order valence-corrected chi connectivity index (χ0v) is 17.5. The average molecular weight is 432 g/mol. The van der Waals surface area contributed by atoms with Crippen LogP contribution in [0, 0.1) is 12.7 Å². The molecule has 2 aromatic rings. The number of alkyl halides is 3. The second-order valence-electron chi connectivity index (χ2n) is 7.74. The summed E-state index contributed by atoms with van der Waals surface area (Å²) < 4.78 is 73.1. The van der Waals surface area contributed by atoms with E-state index < -0.39 is 46.0 Å². The minimum Gasteiger partial charge on any atom is -0.496 e. The average Bonchev–Trinajstić information content (AvgIpc) is 2.60. The number of aryl methyl sites for hydroxylation is 1. The van der Waals surface area contributed by atoms with Crippen molar-refractivity contribution in [1.82, 2.24) is 0 Å². The SMILES string of the molecule is COc1ccc(F)cc1C(C)(C)C[C@@](O)(CS(=O)c1ccc(C)cc1)C(F)(F)F. The quantitative estimate of drug-likeness (QED) is 0.633. The number of halogens is 4. The maximum atomic E-state index is 13.9. The first kappa shape index (κ1) is 23.3. The number of methoxy groups -OCH3 is 1. The largest absolute Gasteiger partial charge is 0.496 e. The van der Waals surface area contributed by atoms with Gasteiger partial charge in [0.05, 0.1) is 23.7 Å². The van der Waals surface area contributed by atoms with Gasteiger partial charge in [-0.05, 0) is 49.1 Å². The molecule has 0 radical (unpaired) electrons. The highest BCUT2D eigenvalue weighted by atomic mass is 32.2. The minimum absolute atomic E-state index is 0.184. The van der Waals surface area contributed by atoms with Gasteiger partial charge in [0.15, 0.2) is 5.60 Å². The zero-order valence-electron chi connectivity index (χ0n) is 16.6. The molecule has 1 N–H and O–H groups in total. The summed E-state index contributed by atoms with van der Waals surface area (Å²) in [6.45, 7) is 4.71. The second-order valence-corrected chi connectivity index (χ2v) is 9.19. The molecular weight excluding hydrogens is 408 g/mol. The maximum Gasteiger partial charge on any atom is 0.418 e. The molecule has 8 heteroatoms. The highest BCUT2D eigenvalue weighted by Gasteiger charge is 2.57. The van der Waals surface area contributed by atoms with Crippen LogP contribution in [-0.4, -0.2) is 34.0 Å². The molecule has 29 heavy (non-hydrogen) atoms. The summed E-state index contributed by atoms with van der Waals surface area (Å²) in [6, 6.07) is 9.78. The van der Waals surface area contributed by atoms with Crippen LogP contribution in [0.5, 0.6) is 5.75 Å². The zero-order chi connectivity index (χ0) is 22.0. The number of hydrogen-bond donors (Lipinski definition) is 1. The Bertz CT molecular complexity index is 878. The summed E-state index contributed by atoms with van der Waals surface area (Å²) in [5, 5.41) is 10.6. The number of rotatable bonds is 7.